The first kappa shape index (κ1) is 11.8. The standard InChI is InChI=1S/C10H14O4S/c1-12-7-5-8(13-2)10(15(4)11)9(6-7)14-3/h5-6H,1-4H3. The fourth-order valence-corrected chi connectivity index (χ4v) is 2.11. The van der Waals surface area contributed by atoms with Crippen molar-refractivity contribution in [3.8, 4) is 17.2 Å². The van der Waals surface area contributed by atoms with E-state index < -0.39 is 10.8 Å². The van der Waals surface area contributed by atoms with Crippen LogP contribution in [0, 0.1) is 0 Å². The highest BCUT2D eigenvalue weighted by Gasteiger charge is 2.15. The van der Waals surface area contributed by atoms with Crippen LogP contribution < -0.4 is 14.2 Å². The van der Waals surface area contributed by atoms with Gasteiger partial charge in [-0.05, 0) is 0 Å². The molecule has 0 aliphatic heterocycles. The predicted molar refractivity (Wildman–Crippen MR) is 58.4 cm³/mol. The van der Waals surface area contributed by atoms with E-state index in [0.29, 0.717) is 22.1 Å². The molecular weight excluding hydrogens is 216 g/mol. The summed E-state index contributed by atoms with van der Waals surface area (Å²) in [5, 5.41) is 0. The molecule has 0 amide bonds. The zero-order valence-electron chi connectivity index (χ0n) is 9.20. The van der Waals surface area contributed by atoms with Gasteiger partial charge in [-0.25, -0.2) is 0 Å². The monoisotopic (exact) mass is 230 g/mol. The maximum Gasteiger partial charge on any atom is 0.142 e. The molecule has 1 rings (SSSR count). The zero-order chi connectivity index (χ0) is 11.4. The van der Waals surface area contributed by atoms with Crippen molar-refractivity contribution in [2.24, 2.45) is 0 Å². The summed E-state index contributed by atoms with van der Waals surface area (Å²) in [4.78, 5) is 0.542. The zero-order valence-corrected chi connectivity index (χ0v) is 10.0. The molecule has 0 fully saturated rings. The van der Waals surface area contributed by atoms with Crippen LogP contribution in [0.4, 0.5) is 0 Å². The lowest BCUT2D eigenvalue weighted by Crippen LogP contribution is -1.99. The molecule has 1 atom stereocenters. The van der Waals surface area contributed by atoms with Gasteiger partial charge in [-0.3, -0.25) is 4.21 Å². The van der Waals surface area contributed by atoms with E-state index in [1.807, 2.05) is 0 Å². The van der Waals surface area contributed by atoms with Crippen LogP contribution in [0.2, 0.25) is 0 Å². The van der Waals surface area contributed by atoms with Gasteiger partial charge in [0.15, 0.2) is 0 Å². The van der Waals surface area contributed by atoms with Crippen LogP contribution in [-0.2, 0) is 10.8 Å². The minimum atomic E-state index is -1.17. The molecule has 0 saturated heterocycles. The Hall–Kier alpha value is -1.23. The molecule has 0 aromatic heterocycles. The fourth-order valence-electron chi connectivity index (χ4n) is 1.26. The van der Waals surface area contributed by atoms with Crippen LogP contribution in [0.15, 0.2) is 17.0 Å². The SMILES string of the molecule is COc1cc(OC)c(S(C)=O)c(OC)c1. The molecule has 1 unspecified atom stereocenters. The second kappa shape index (κ2) is 5.02. The molecule has 15 heavy (non-hydrogen) atoms. The molecule has 1 aromatic rings. The first-order valence-corrected chi connectivity index (χ1v) is 5.83. The Morgan fingerprint density at radius 1 is 1.00 bits per heavy atom. The Bertz CT molecular complexity index is 351. The number of rotatable bonds is 4. The van der Waals surface area contributed by atoms with Crippen molar-refractivity contribution < 1.29 is 18.4 Å². The van der Waals surface area contributed by atoms with Gasteiger partial charge in [-0.15, -0.1) is 0 Å². The molecule has 0 heterocycles. The first-order chi connectivity index (χ1) is 7.13. The van der Waals surface area contributed by atoms with Crippen molar-refractivity contribution in [1.82, 2.24) is 0 Å². The van der Waals surface area contributed by atoms with Gasteiger partial charge in [-0.1, -0.05) is 0 Å². The molecule has 84 valence electrons. The minimum Gasteiger partial charge on any atom is -0.496 e. The van der Waals surface area contributed by atoms with Gasteiger partial charge in [0.05, 0.1) is 32.1 Å². The van der Waals surface area contributed by atoms with E-state index in [-0.39, 0.29) is 0 Å². The number of methoxy groups -OCH3 is 3. The number of ether oxygens (including phenoxy) is 3. The molecule has 4 nitrogen and oxygen atoms in total. The van der Waals surface area contributed by atoms with Crippen molar-refractivity contribution in [3.63, 3.8) is 0 Å². The third kappa shape index (κ3) is 2.41. The lowest BCUT2D eigenvalue weighted by atomic mass is 10.3. The van der Waals surface area contributed by atoms with Crippen LogP contribution in [0.25, 0.3) is 0 Å². The van der Waals surface area contributed by atoms with E-state index in [9.17, 15) is 4.21 Å². The lowest BCUT2D eigenvalue weighted by molar-refractivity contribution is 0.360. The first-order valence-electron chi connectivity index (χ1n) is 4.27. The average molecular weight is 230 g/mol. The molecular formula is C10H14O4S. The van der Waals surface area contributed by atoms with Gasteiger partial charge in [0.2, 0.25) is 0 Å². The van der Waals surface area contributed by atoms with Gasteiger partial charge in [0, 0.05) is 18.4 Å². The minimum absolute atomic E-state index is 0.507. The summed E-state index contributed by atoms with van der Waals surface area (Å²) < 4.78 is 26.9. The summed E-state index contributed by atoms with van der Waals surface area (Å²) in [6.45, 7) is 0. The molecule has 0 N–H and O–H groups in total. The van der Waals surface area contributed by atoms with Crippen molar-refractivity contribution in [1.29, 1.82) is 0 Å². The van der Waals surface area contributed by atoms with Gasteiger partial charge >= 0.3 is 0 Å². The third-order valence-electron chi connectivity index (χ3n) is 1.96. The number of hydrogen-bond donors (Lipinski definition) is 0. The maximum atomic E-state index is 11.5. The van der Waals surface area contributed by atoms with Crippen molar-refractivity contribution in [2.45, 2.75) is 4.90 Å². The maximum absolute atomic E-state index is 11.5. The van der Waals surface area contributed by atoms with Crippen molar-refractivity contribution in [3.05, 3.63) is 12.1 Å². The van der Waals surface area contributed by atoms with Crippen LogP contribution in [0.5, 0.6) is 17.2 Å². The predicted octanol–water partition coefficient (Wildman–Crippen LogP) is 1.45. The Balaban J connectivity index is 3.39. The topological polar surface area (TPSA) is 44.8 Å². The Morgan fingerprint density at radius 2 is 1.47 bits per heavy atom. The van der Waals surface area contributed by atoms with Gasteiger partial charge < -0.3 is 14.2 Å². The number of hydrogen-bond acceptors (Lipinski definition) is 4. The fraction of sp³-hybridized carbons (Fsp3) is 0.400. The summed E-state index contributed by atoms with van der Waals surface area (Å²) in [6, 6.07) is 3.36. The normalized spacial score (nSPS) is 12.0. The summed E-state index contributed by atoms with van der Waals surface area (Å²) in [5.74, 6) is 1.62. The van der Waals surface area contributed by atoms with Crippen LogP contribution in [-0.4, -0.2) is 31.8 Å². The van der Waals surface area contributed by atoms with E-state index >= 15 is 0 Å². The van der Waals surface area contributed by atoms with E-state index in [1.54, 1.807) is 25.5 Å². The molecule has 0 spiro atoms. The summed E-state index contributed by atoms with van der Waals surface area (Å²) in [5.41, 5.74) is 0. The molecule has 5 heteroatoms. The smallest absolute Gasteiger partial charge is 0.142 e. The number of benzene rings is 1. The summed E-state index contributed by atoms with van der Waals surface area (Å²) in [6.07, 6.45) is 1.58. The van der Waals surface area contributed by atoms with E-state index in [1.165, 1.54) is 14.2 Å². The van der Waals surface area contributed by atoms with Gasteiger partial charge in [-0.2, -0.15) is 0 Å². The third-order valence-corrected chi connectivity index (χ3v) is 2.93. The van der Waals surface area contributed by atoms with E-state index in [4.69, 9.17) is 14.2 Å². The highest BCUT2D eigenvalue weighted by molar-refractivity contribution is 7.84. The van der Waals surface area contributed by atoms with Crippen LogP contribution in [0.1, 0.15) is 0 Å². The summed E-state index contributed by atoms with van der Waals surface area (Å²) in [7, 11) is 3.42. The van der Waals surface area contributed by atoms with Gasteiger partial charge in [0.1, 0.15) is 22.1 Å². The highest BCUT2D eigenvalue weighted by Crippen LogP contribution is 2.35. The second-order valence-electron chi connectivity index (χ2n) is 2.82. The van der Waals surface area contributed by atoms with E-state index in [2.05, 4.69) is 0 Å². The van der Waals surface area contributed by atoms with Crippen LogP contribution in [0.3, 0.4) is 0 Å². The van der Waals surface area contributed by atoms with Crippen LogP contribution >= 0.6 is 0 Å². The Kier molecular flexibility index (Phi) is 3.96. The lowest BCUT2D eigenvalue weighted by Gasteiger charge is -2.12. The second-order valence-corrected chi connectivity index (χ2v) is 4.13. The molecule has 0 bridgehead atoms. The average Bonchev–Trinajstić information content (AvgIpc) is 2.26. The van der Waals surface area contributed by atoms with Crippen molar-refractivity contribution >= 4 is 10.8 Å². The molecule has 0 saturated carbocycles. The Morgan fingerprint density at radius 3 is 1.73 bits per heavy atom. The van der Waals surface area contributed by atoms with Gasteiger partial charge in [0.25, 0.3) is 0 Å². The molecule has 0 aliphatic rings. The van der Waals surface area contributed by atoms with Crippen molar-refractivity contribution in [2.75, 3.05) is 27.6 Å². The quantitative estimate of drug-likeness (QED) is 0.785. The highest BCUT2D eigenvalue weighted by atomic mass is 32.2. The molecule has 0 aliphatic carbocycles. The van der Waals surface area contributed by atoms with E-state index in [0.717, 1.165) is 0 Å². The molecule has 1 aromatic carbocycles. The molecule has 0 radical (unpaired) electrons. The summed E-state index contributed by atoms with van der Waals surface area (Å²) >= 11 is 0. The largest absolute Gasteiger partial charge is 0.496 e. The Labute approximate surface area is 91.6 Å².